The van der Waals surface area contributed by atoms with Gasteiger partial charge >= 0.3 is 0 Å². The first-order valence-electron chi connectivity index (χ1n) is 7.39. The second-order valence-electron chi connectivity index (χ2n) is 5.10. The van der Waals surface area contributed by atoms with Crippen LogP contribution in [-0.2, 0) is 20.0 Å². The smallest absolute Gasteiger partial charge is 0.271 e. The van der Waals surface area contributed by atoms with Crippen LogP contribution in [-0.4, -0.2) is 34.2 Å². The van der Waals surface area contributed by atoms with Crippen LogP contribution in [0.5, 0.6) is 0 Å². The number of rotatable bonds is 7. The molecule has 0 amide bonds. The third-order valence-corrected chi connectivity index (χ3v) is 8.37. The lowest BCUT2D eigenvalue weighted by Gasteiger charge is -2.19. The molecule has 0 fully saturated rings. The Morgan fingerprint density at radius 1 is 1.08 bits per heavy atom. The van der Waals surface area contributed by atoms with Crippen LogP contribution in [0.3, 0.4) is 0 Å². The third kappa shape index (κ3) is 3.80. The predicted octanol–water partition coefficient (Wildman–Crippen LogP) is 2.89. The van der Waals surface area contributed by atoms with Crippen molar-refractivity contribution in [1.82, 2.24) is 4.31 Å². The lowest BCUT2D eigenvalue weighted by atomic mass is 10.2. The SMILES string of the molecule is CCN(CC)S(=O)(=O)c1ccc(C)c(NS(=O)(=O)c2cccs2)c1. The Bertz CT molecular complexity index is 900. The van der Waals surface area contributed by atoms with Gasteiger partial charge in [-0.05, 0) is 36.1 Å². The van der Waals surface area contributed by atoms with E-state index in [1.807, 2.05) is 0 Å². The molecule has 1 aromatic carbocycles. The van der Waals surface area contributed by atoms with E-state index in [-0.39, 0.29) is 14.8 Å². The van der Waals surface area contributed by atoms with Crippen LogP contribution in [0.25, 0.3) is 0 Å². The zero-order valence-corrected chi connectivity index (χ0v) is 16.1. The molecule has 0 bridgehead atoms. The third-order valence-electron chi connectivity index (χ3n) is 3.56. The molecule has 1 N–H and O–H groups in total. The molecule has 0 unspecified atom stereocenters. The summed E-state index contributed by atoms with van der Waals surface area (Å²) in [6.07, 6.45) is 0. The van der Waals surface area contributed by atoms with Crippen LogP contribution in [0.4, 0.5) is 5.69 Å². The Labute approximate surface area is 147 Å². The summed E-state index contributed by atoms with van der Waals surface area (Å²) < 4.78 is 53.9. The van der Waals surface area contributed by atoms with Crippen LogP contribution in [0.1, 0.15) is 19.4 Å². The topological polar surface area (TPSA) is 83.6 Å². The molecule has 24 heavy (non-hydrogen) atoms. The minimum absolute atomic E-state index is 0.0701. The second kappa shape index (κ2) is 7.22. The first kappa shape index (κ1) is 18.9. The summed E-state index contributed by atoms with van der Waals surface area (Å²) in [4.78, 5) is 0.0701. The van der Waals surface area contributed by atoms with E-state index in [1.165, 1.54) is 22.5 Å². The minimum Gasteiger partial charge on any atom is -0.279 e. The molecular weight excluding hydrogens is 368 g/mol. The maximum absolute atomic E-state index is 12.6. The molecule has 1 heterocycles. The van der Waals surface area contributed by atoms with Gasteiger partial charge in [-0.2, -0.15) is 4.31 Å². The quantitative estimate of drug-likeness (QED) is 0.790. The van der Waals surface area contributed by atoms with Gasteiger partial charge in [0.1, 0.15) is 4.21 Å². The average molecular weight is 389 g/mol. The highest BCUT2D eigenvalue weighted by Crippen LogP contribution is 2.26. The summed E-state index contributed by atoms with van der Waals surface area (Å²) >= 11 is 1.10. The number of nitrogens with one attached hydrogen (secondary N) is 1. The van der Waals surface area contributed by atoms with Crippen LogP contribution >= 0.6 is 11.3 Å². The molecule has 0 atom stereocenters. The molecular formula is C15H20N2O4S3. The summed E-state index contributed by atoms with van der Waals surface area (Å²) in [7, 11) is -7.37. The van der Waals surface area contributed by atoms with Gasteiger partial charge < -0.3 is 0 Å². The molecule has 0 saturated carbocycles. The Balaban J connectivity index is 2.43. The first-order chi connectivity index (χ1) is 11.2. The van der Waals surface area contributed by atoms with Gasteiger partial charge in [0, 0.05) is 13.1 Å². The zero-order chi connectivity index (χ0) is 18.0. The maximum Gasteiger partial charge on any atom is 0.271 e. The second-order valence-corrected chi connectivity index (χ2v) is 9.90. The molecule has 0 aliphatic carbocycles. The fraction of sp³-hybridized carbons (Fsp3) is 0.333. The zero-order valence-electron chi connectivity index (χ0n) is 13.7. The van der Waals surface area contributed by atoms with Gasteiger partial charge in [-0.25, -0.2) is 16.8 Å². The molecule has 0 aliphatic rings. The van der Waals surface area contributed by atoms with Crippen LogP contribution in [0.15, 0.2) is 44.8 Å². The summed E-state index contributed by atoms with van der Waals surface area (Å²) in [6.45, 7) is 5.94. The standard InChI is InChI=1S/C15H20N2O4S3/c1-4-17(5-2)24(20,21)13-9-8-12(3)14(11-13)16-23(18,19)15-7-6-10-22-15/h6-11,16H,4-5H2,1-3H3. The highest BCUT2D eigenvalue weighted by molar-refractivity contribution is 7.94. The van der Waals surface area contributed by atoms with Gasteiger partial charge in [0.2, 0.25) is 10.0 Å². The van der Waals surface area contributed by atoms with Crippen molar-refractivity contribution in [2.45, 2.75) is 29.9 Å². The molecule has 132 valence electrons. The van der Waals surface area contributed by atoms with E-state index in [0.717, 1.165) is 11.3 Å². The lowest BCUT2D eigenvalue weighted by molar-refractivity contribution is 0.445. The van der Waals surface area contributed by atoms with Crippen LogP contribution < -0.4 is 4.72 Å². The number of aryl methyl sites for hydroxylation is 1. The fourth-order valence-corrected chi connectivity index (χ4v) is 5.79. The van der Waals surface area contributed by atoms with Crippen LogP contribution in [0.2, 0.25) is 0 Å². The van der Waals surface area contributed by atoms with E-state index in [9.17, 15) is 16.8 Å². The first-order valence-corrected chi connectivity index (χ1v) is 11.2. The molecule has 2 rings (SSSR count). The Hall–Kier alpha value is -1.42. The minimum atomic E-state index is -3.73. The highest BCUT2D eigenvalue weighted by atomic mass is 32.2. The van der Waals surface area contributed by atoms with Crippen molar-refractivity contribution in [3.8, 4) is 0 Å². The van der Waals surface area contributed by atoms with Crippen molar-refractivity contribution in [3.05, 3.63) is 41.3 Å². The molecule has 0 aliphatic heterocycles. The summed E-state index contributed by atoms with van der Waals surface area (Å²) in [5.74, 6) is 0. The number of hydrogen-bond acceptors (Lipinski definition) is 5. The molecule has 1 aromatic heterocycles. The van der Waals surface area contributed by atoms with Gasteiger partial charge in [0.15, 0.2) is 0 Å². The number of nitrogens with zero attached hydrogens (tertiary/aromatic N) is 1. The Morgan fingerprint density at radius 2 is 1.75 bits per heavy atom. The predicted molar refractivity (Wildman–Crippen MR) is 96.4 cm³/mol. The molecule has 0 radical (unpaired) electrons. The van der Waals surface area contributed by atoms with Crippen molar-refractivity contribution >= 4 is 37.1 Å². The maximum atomic E-state index is 12.6. The highest BCUT2D eigenvalue weighted by Gasteiger charge is 2.23. The number of anilines is 1. The fourth-order valence-electron chi connectivity index (χ4n) is 2.20. The number of hydrogen-bond donors (Lipinski definition) is 1. The van der Waals surface area contributed by atoms with E-state index < -0.39 is 20.0 Å². The molecule has 6 nitrogen and oxygen atoms in total. The Kier molecular flexibility index (Phi) is 5.69. The normalized spacial score (nSPS) is 12.5. The summed E-state index contributed by atoms with van der Waals surface area (Å²) in [5.41, 5.74) is 0.908. The van der Waals surface area contributed by atoms with Crippen molar-refractivity contribution in [2.75, 3.05) is 17.8 Å². The van der Waals surface area contributed by atoms with Crippen molar-refractivity contribution in [3.63, 3.8) is 0 Å². The van der Waals surface area contributed by atoms with Gasteiger partial charge in [-0.3, -0.25) is 4.72 Å². The van der Waals surface area contributed by atoms with Crippen molar-refractivity contribution in [2.24, 2.45) is 0 Å². The van der Waals surface area contributed by atoms with Crippen LogP contribution in [0, 0.1) is 6.92 Å². The summed E-state index contributed by atoms with van der Waals surface area (Å²) in [5, 5.41) is 1.67. The molecule has 2 aromatic rings. The number of benzene rings is 1. The van der Waals surface area contributed by atoms with Crippen molar-refractivity contribution in [1.29, 1.82) is 0 Å². The number of sulfonamides is 2. The molecule has 0 saturated heterocycles. The number of thiophene rings is 1. The van der Waals surface area contributed by atoms with E-state index in [4.69, 9.17) is 0 Å². The molecule has 0 spiro atoms. The van der Waals surface area contributed by atoms with E-state index >= 15 is 0 Å². The van der Waals surface area contributed by atoms with Gasteiger partial charge in [-0.15, -0.1) is 11.3 Å². The van der Waals surface area contributed by atoms with Gasteiger partial charge in [0.05, 0.1) is 10.6 Å². The van der Waals surface area contributed by atoms with E-state index in [2.05, 4.69) is 4.72 Å². The lowest BCUT2D eigenvalue weighted by Crippen LogP contribution is -2.30. The van der Waals surface area contributed by atoms with Gasteiger partial charge in [0.25, 0.3) is 10.0 Å². The van der Waals surface area contributed by atoms with Gasteiger partial charge in [-0.1, -0.05) is 26.0 Å². The molecule has 9 heteroatoms. The average Bonchev–Trinajstić information content (AvgIpc) is 3.05. The largest absolute Gasteiger partial charge is 0.279 e. The van der Waals surface area contributed by atoms with Crippen molar-refractivity contribution < 1.29 is 16.8 Å². The van der Waals surface area contributed by atoms with E-state index in [1.54, 1.807) is 38.3 Å². The Morgan fingerprint density at radius 3 is 2.29 bits per heavy atom. The monoisotopic (exact) mass is 388 g/mol. The summed E-state index contributed by atoms with van der Waals surface area (Å²) in [6, 6.07) is 7.61. The van der Waals surface area contributed by atoms with E-state index in [0.29, 0.717) is 18.7 Å².